The molecule has 1 N–H and O–H groups in total. The summed E-state index contributed by atoms with van der Waals surface area (Å²) in [6.45, 7) is 7.09. The molecule has 0 spiro atoms. The standard InChI is InChI=1S/C7H16N2O/c1-2-10-9-6-3-4-8-5-7-9/h8H,2-7H2,1H3. The van der Waals surface area contributed by atoms with Crippen molar-refractivity contribution in [1.29, 1.82) is 0 Å². The van der Waals surface area contributed by atoms with Crippen molar-refractivity contribution in [3.63, 3.8) is 0 Å². The molecule has 0 amide bonds. The predicted octanol–water partition coefficient (Wildman–Crippen LogP) is 0.233. The number of nitrogens with zero attached hydrogens (tertiary/aromatic N) is 1. The molecule has 60 valence electrons. The summed E-state index contributed by atoms with van der Waals surface area (Å²) in [6, 6.07) is 0. The molecule has 1 rings (SSSR count). The number of hydroxylamine groups is 2. The van der Waals surface area contributed by atoms with E-state index in [0.717, 1.165) is 32.8 Å². The summed E-state index contributed by atoms with van der Waals surface area (Å²) in [4.78, 5) is 5.36. The Morgan fingerprint density at radius 2 is 2.30 bits per heavy atom. The molecule has 0 aromatic heterocycles. The van der Waals surface area contributed by atoms with Gasteiger partial charge in [-0.05, 0) is 19.9 Å². The minimum Gasteiger partial charge on any atom is -0.315 e. The van der Waals surface area contributed by atoms with Gasteiger partial charge in [0.15, 0.2) is 0 Å². The average molecular weight is 144 g/mol. The zero-order valence-corrected chi connectivity index (χ0v) is 6.60. The largest absolute Gasteiger partial charge is 0.315 e. The minimum atomic E-state index is 0.792. The molecule has 0 bridgehead atoms. The highest BCUT2D eigenvalue weighted by Gasteiger charge is 2.06. The lowest BCUT2D eigenvalue weighted by Crippen LogP contribution is -2.28. The zero-order valence-electron chi connectivity index (χ0n) is 6.60. The van der Waals surface area contributed by atoms with E-state index in [1.54, 1.807) is 0 Å². The fraction of sp³-hybridized carbons (Fsp3) is 1.00. The molecule has 0 aromatic rings. The summed E-state index contributed by atoms with van der Waals surface area (Å²) in [5.74, 6) is 0. The Hall–Kier alpha value is -0.120. The average Bonchev–Trinajstić information content (AvgIpc) is 2.17. The molecule has 0 unspecified atom stereocenters. The maximum absolute atomic E-state index is 5.36. The molecule has 3 heteroatoms. The van der Waals surface area contributed by atoms with Crippen LogP contribution >= 0.6 is 0 Å². The highest BCUT2D eigenvalue weighted by Crippen LogP contribution is 1.94. The van der Waals surface area contributed by atoms with Crippen molar-refractivity contribution in [2.45, 2.75) is 13.3 Å². The Bertz CT molecular complexity index is 79.7. The minimum absolute atomic E-state index is 0.792. The molecule has 1 aliphatic rings. The van der Waals surface area contributed by atoms with Crippen molar-refractivity contribution in [1.82, 2.24) is 10.4 Å². The molecule has 0 saturated carbocycles. The summed E-state index contributed by atoms with van der Waals surface area (Å²) < 4.78 is 0. The second-order valence-electron chi connectivity index (χ2n) is 2.45. The fourth-order valence-corrected chi connectivity index (χ4v) is 1.13. The molecule has 3 nitrogen and oxygen atoms in total. The second kappa shape index (κ2) is 4.66. The fourth-order valence-electron chi connectivity index (χ4n) is 1.13. The van der Waals surface area contributed by atoms with E-state index in [9.17, 15) is 0 Å². The van der Waals surface area contributed by atoms with Gasteiger partial charge in [-0.25, -0.2) is 0 Å². The predicted molar refractivity (Wildman–Crippen MR) is 40.7 cm³/mol. The van der Waals surface area contributed by atoms with Gasteiger partial charge in [0, 0.05) is 19.6 Å². The van der Waals surface area contributed by atoms with Crippen LogP contribution in [-0.4, -0.2) is 37.8 Å². The topological polar surface area (TPSA) is 24.5 Å². The van der Waals surface area contributed by atoms with Crippen molar-refractivity contribution in [2.75, 3.05) is 32.8 Å². The molecular weight excluding hydrogens is 128 g/mol. The lowest BCUT2D eigenvalue weighted by molar-refractivity contribution is -0.150. The Labute approximate surface area is 62.3 Å². The normalized spacial score (nSPS) is 22.5. The van der Waals surface area contributed by atoms with E-state index in [-0.39, 0.29) is 0 Å². The quantitative estimate of drug-likeness (QED) is 0.600. The first kappa shape index (κ1) is 7.98. The highest BCUT2D eigenvalue weighted by atomic mass is 16.7. The summed E-state index contributed by atoms with van der Waals surface area (Å²) in [5, 5.41) is 5.36. The Morgan fingerprint density at radius 3 is 3.10 bits per heavy atom. The van der Waals surface area contributed by atoms with Gasteiger partial charge in [0.05, 0.1) is 6.61 Å². The lowest BCUT2D eigenvalue weighted by Gasteiger charge is -2.17. The van der Waals surface area contributed by atoms with Crippen LogP contribution in [0, 0.1) is 0 Å². The van der Waals surface area contributed by atoms with E-state index < -0.39 is 0 Å². The van der Waals surface area contributed by atoms with E-state index in [0.29, 0.717) is 0 Å². The van der Waals surface area contributed by atoms with Crippen LogP contribution in [0.25, 0.3) is 0 Å². The van der Waals surface area contributed by atoms with Gasteiger partial charge in [-0.1, -0.05) is 0 Å². The third kappa shape index (κ3) is 2.64. The van der Waals surface area contributed by atoms with Crippen LogP contribution in [0.2, 0.25) is 0 Å². The molecule has 0 radical (unpaired) electrons. The van der Waals surface area contributed by atoms with Crippen LogP contribution in [0.1, 0.15) is 13.3 Å². The molecule has 1 heterocycles. The Balaban J connectivity index is 2.15. The van der Waals surface area contributed by atoms with Crippen LogP contribution < -0.4 is 5.32 Å². The van der Waals surface area contributed by atoms with E-state index in [1.807, 2.05) is 12.0 Å². The van der Waals surface area contributed by atoms with E-state index >= 15 is 0 Å². The van der Waals surface area contributed by atoms with Crippen molar-refractivity contribution < 1.29 is 4.84 Å². The summed E-state index contributed by atoms with van der Waals surface area (Å²) >= 11 is 0. The van der Waals surface area contributed by atoms with Gasteiger partial charge in [-0.15, -0.1) is 0 Å². The van der Waals surface area contributed by atoms with Gasteiger partial charge in [-0.3, -0.25) is 4.84 Å². The van der Waals surface area contributed by atoms with Gasteiger partial charge in [0.25, 0.3) is 0 Å². The molecule has 0 aliphatic carbocycles. The zero-order chi connectivity index (χ0) is 7.23. The van der Waals surface area contributed by atoms with Crippen LogP contribution in [0.15, 0.2) is 0 Å². The first-order valence-corrected chi connectivity index (χ1v) is 4.02. The van der Waals surface area contributed by atoms with Crippen LogP contribution in [0.3, 0.4) is 0 Å². The first-order chi connectivity index (χ1) is 4.93. The summed E-state index contributed by atoms with van der Waals surface area (Å²) in [5.41, 5.74) is 0. The maximum Gasteiger partial charge on any atom is 0.0656 e. The third-order valence-corrected chi connectivity index (χ3v) is 1.61. The number of hydrogen-bond acceptors (Lipinski definition) is 3. The van der Waals surface area contributed by atoms with Crippen molar-refractivity contribution in [3.05, 3.63) is 0 Å². The number of rotatable bonds is 2. The Kier molecular flexibility index (Phi) is 3.72. The van der Waals surface area contributed by atoms with E-state index in [2.05, 4.69) is 5.32 Å². The monoisotopic (exact) mass is 144 g/mol. The van der Waals surface area contributed by atoms with E-state index in [1.165, 1.54) is 6.42 Å². The number of hydrogen-bond donors (Lipinski definition) is 1. The lowest BCUT2D eigenvalue weighted by atomic mass is 10.4. The van der Waals surface area contributed by atoms with Gasteiger partial charge in [0.1, 0.15) is 0 Å². The summed E-state index contributed by atoms with van der Waals surface area (Å²) in [6.07, 6.45) is 1.19. The highest BCUT2D eigenvalue weighted by molar-refractivity contribution is 4.58. The maximum atomic E-state index is 5.36. The molecule has 0 aromatic carbocycles. The third-order valence-electron chi connectivity index (χ3n) is 1.61. The van der Waals surface area contributed by atoms with Gasteiger partial charge in [0.2, 0.25) is 0 Å². The van der Waals surface area contributed by atoms with Crippen LogP contribution in [0.5, 0.6) is 0 Å². The van der Waals surface area contributed by atoms with Crippen LogP contribution in [-0.2, 0) is 4.84 Å². The van der Waals surface area contributed by atoms with Crippen molar-refractivity contribution in [2.24, 2.45) is 0 Å². The first-order valence-electron chi connectivity index (χ1n) is 4.02. The second-order valence-corrected chi connectivity index (χ2v) is 2.45. The smallest absolute Gasteiger partial charge is 0.0656 e. The Morgan fingerprint density at radius 1 is 1.40 bits per heavy atom. The molecule has 1 saturated heterocycles. The molecular formula is C7H16N2O. The molecule has 1 fully saturated rings. The molecule has 1 aliphatic heterocycles. The van der Waals surface area contributed by atoms with Crippen LogP contribution in [0.4, 0.5) is 0 Å². The SMILES string of the molecule is CCON1CCCNCC1. The summed E-state index contributed by atoms with van der Waals surface area (Å²) in [7, 11) is 0. The molecule has 0 atom stereocenters. The van der Waals surface area contributed by atoms with Crippen molar-refractivity contribution >= 4 is 0 Å². The van der Waals surface area contributed by atoms with Crippen molar-refractivity contribution in [3.8, 4) is 0 Å². The molecule has 10 heavy (non-hydrogen) atoms. The van der Waals surface area contributed by atoms with Gasteiger partial charge < -0.3 is 5.32 Å². The van der Waals surface area contributed by atoms with E-state index in [4.69, 9.17) is 4.84 Å². The van der Waals surface area contributed by atoms with Gasteiger partial charge >= 0.3 is 0 Å². The number of nitrogens with one attached hydrogen (secondary N) is 1. The van der Waals surface area contributed by atoms with Gasteiger partial charge in [-0.2, -0.15) is 5.06 Å².